The van der Waals surface area contributed by atoms with Crippen LogP contribution < -0.4 is 4.74 Å². The molecule has 0 bridgehead atoms. The van der Waals surface area contributed by atoms with Crippen LogP contribution in [-0.4, -0.2) is 20.0 Å². The highest BCUT2D eigenvalue weighted by molar-refractivity contribution is 7.98. The van der Waals surface area contributed by atoms with Gasteiger partial charge in [-0.2, -0.15) is 5.10 Å². The lowest BCUT2D eigenvalue weighted by Gasteiger charge is -2.03. The van der Waals surface area contributed by atoms with Crippen molar-refractivity contribution in [2.24, 2.45) is 0 Å². The Labute approximate surface area is 177 Å². The zero-order valence-electron chi connectivity index (χ0n) is 16.0. The largest absolute Gasteiger partial charge is 0.484 e. The smallest absolute Gasteiger partial charge is 0.277 e. The van der Waals surface area contributed by atoms with Crippen molar-refractivity contribution in [2.75, 3.05) is 0 Å². The van der Waals surface area contributed by atoms with Crippen LogP contribution in [0.1, 0.15) is 22.7 Å². The lowest BCUT2D eigenvalue weighted by atomic mass is 10.2. The fourth-order valence-corrected chi connectivity index (χ4v) is 3.99. The number of para-hydroxylation sites is 1. The van der Waals surface area contributed by atoms with E-state index >= 15 is 0 Å². The normalized spacial score (nSPS) is 11.0. The van der Waals surface area contributed by atoms with E-state index in [0.717, 1.165) is 22.7 Å². The Balaban J connectivity index is 1.39. The van der Waals surface area contributed by atoms with Gasteiger partial charge in [0.05, 0.1) is 11.4 Å². The predicted octanol–water partition coefficient (Wildman–Crippen LogP) is 5.40. The van der Waals surface area contributed by atoms with Crippen LogP contribution in [0.25, 0.3) is 5.69 Å². The van der Waals surface area contributed by atoms with Crippen LogP contribution >= 0.6 is 23.4 Å². The van der Waals surface area contributed by atoms with E-state index in [9.17, 15) is 0 Å². The van der Waals surface area contributed by atoms with Gasteiger partial charge in [0.2, 0.25) is 0 Å². The monoisotopic (exact) mass is 426 g/mol. The van der Waals surface area contributed by atoms with Crippen LogP contribution in [0.3, 0.4) is 0 Å². The molecule has 0 unspecified atom stereocenters. The summed E-state index contributed by atoms with van der Waals surface area (Å²) in [6.07, 6.45) is 0. The number of hydrogen-bond acceptors (Lipinski definition) is 6. The second-order valence-electron chi connectivity index (χ2n) is 6.45. The summed E-state index contributed by atoms with van der Waals surface area (Å²) in [4.78, 5) is 0. The second-order valence-corrected chi connectivity index (χ2v) is 7.74. The molecule has 0 saturated carbocycles. The maximum absolute atomic E-state index is 6.56. The summed E-state index contributed by atoms with van der Waals surface area (Å²) < 4.78 is 13.1. The molecular formula is C21H19ClN4O2S. The van der Waals surface area contributed by atoms with Crippen LogP contribution in [0.15, 0.2) is 64.2 Å². The molecule has 2 aromatic heterocycles. The highest BCUT2D eigenvalue weighted by Gasteiger charge is 2.16. The molecule has 0 aliphatic carbocycles. The molecule has 4 aromatic rings. The Morgan fingerprint density at radius 3 is 2.55 bits per heavy atom. The molecule has 0 aliphatic rings. The van der Waals surface area contributed by atoms with E-state index in [2.05, 4.69) is 15.3 Å². The van der Waals surface area contributed by atoms with Gasteiger partial charge in [0.1, 0.15) is 10.9 Å². The van der Waals surface area contributed by atoms with Crippen molar-refractivity contribution in [1.29, 1.82) is 0 Å². The van der Waals surface area contributed by atoms with E-state index < -0.39 is 0 Å². The molecule has 0 spiro atoms. The first-order chi connectivity index (χ1) is 14.1. The van der Waals surface area contributed by atoms with Gasteiger partial charge in [0.25, 0.3) is 11.1 Å². The van der Waals surface area contributed by atoms with E-state index in [0.29, 0.717) is 22.0 Å². The van der Waals surface area contributed by atoms with Crippen molar-refractivity contribution >= 4 is 23.4 Å². The van der Waals surface area contributed by atoms with Crippen LogP contribution in [0.2, 0.25) is 5.15 Å². The number of aromatic nitrogens is 4. The maximum atomic E-state index is 6.56. The van der Waals surface area contributed by atoms with Gasteiger partial charge in [-0.15, -0.1) is 10.2 Å². The third-order valence-corrected chi connectivity index (χ3v) is 5.53. The molecule has 6 nitrogen and oxygen atoms in total. The summed E-state index contributed by atoms with van der Waals surface area (Å²) in [6.45, 7) is 4.20. The summed E-state index contributed by atoms with van der Waals surface area (Å²) in [6, 6.07) is 17.6. The molecule has 0 saturated heterocycles. The molecule has 0 radical (unpaired) electrons. The second kappa shape index (κ2) is 8.71. The van der Waals surface area contributed by atoms with Gasteiger partial charge in [0, 0.05) is 11.3 Å². The first-order valence-electron chi connectivity index (χ1n) is 9.04. The maximum Gasteiger partial charge on any atom is 0.277 e. The van der Waals surface area contributed by atoms with Crippen molar-refractivity contribution in [3.63, 3.8) is 0 Å². The predicted molar refractivity (Wildman–Crippen MR) is 113 cm³/mol. The van der Waals surface area contributed by atoms with Crippen LogP contribution in [0, 0.1) is 13.8 Å². The molecule has 0 aliphatic heterocycles. The topological polar surface area (TPSA) is 66.0 Å². The third-order valence-electron chi connectivity index (χ3n) is 4.29. The van der Waals surface area contributed by atoms with Crippen LogP contribution in [0.4, 0.5) is 0 Å². The highest BCUT2D eigenvalue weighted by Crippen LogP contribution is 2.30. The molecule has 0 atom stereocenters. The van der Waals surface area contributed by atoms with Crippen molar-refractivity contribution in [3.8, 4) is 11.4 Å². The Bertz CT molecular complexity index is 1090. The summed E-state index contributed by atoms with van der Waals surface area (Å²) in [5.74, 6) is 1.77. The number of thioether (sulfide) groups is 1. The molecule has 2 aromatic carbocycles. The number of benzene rings is 2. The first-order valence-corrected chi connectivity index (χ1v) is 10.4. The van der Waals surface area contributed by atoms with Crippen LogP contribution in [-0.2, 0) is 12.4 Å². The standard InChI is InChI=1S/C21H19ClN4O2S/c1-14-8-10-17(11-9-14)27-12-19-23-24-21(28-19)29-13-18-15(2)25-26(20(18)22)16-6-4-3-5-7-16/h3-11H,12-13H2,1-2H3. The molecule has 29 heavy (non-hydrogen) atoms. The molecule has 4 rings (SSSR count). The molecule has 0 amide bonds. The quantitative estimate of drug-likeness (QED) is 0.369. The molecule has 8 heteroatoms. The minimum absolute atomic E-state index is 0.225. The third kappa shape index (κ3) is 4.63. The number of halogens is 1. The van der Waals surface area contributed by atoms with E-state index in [1.165, 1.54) is 17.3 Å². The van der Waals surface area contributed by atoms with E-state index in [4.69, 9.17) is 20.8 Å². The van der Waals surface area contributed by atoms with Gasteiger partial charge in [-0.25, -0.2) is 4.68 Å². The minimum Gasteiger partial charge on any atom is -0.484 e. The summed E-state index contributed by atoms with van der Waals surface area (Å²) in [5.41, 5.74) is 3.91. The van der Waals surface area contributed by atoms with Gasteiger partial charge in [-0.1, -0.05) is 59.3 Å². The molecule has 2 heterocycles. The first kappa shape index (κ1) is 19.5. The number of hydrogen-bond donors (Lipinski definition) is 0. The average molecular weight is 427 g/mol. The van der Waals surface area contributed by atoms with Crippen molar-refractivity contribution < 1.29 is 9.15 Å². The van der Waals surface area contributed by atoms with E-state index in [1.54, 1.807) is 4.68 Å². The Kier molecular flexibility index (Phi) is 5.87. The fraction of sp³-hybridized carbons (Fsp3) is 0.190. The zero-order valence-corrected chi connectivity index (χ0v) is 17.6. The Morgan fingerprint density at radius 1 is 1.03 bits per heavy atom. The van der Waals surface area contributed by atoms with Gasteiger partial charge in [-0.3, -0.25) is 0 Å². The van der Waals surface area contributed by atoms with Gasteiger partial charge >= 0.3 is 0 Å². The summed E-state index contributed by atoms with van der Waals surface area (Å²) in [7, 11) is 0. The molecule has 148 valence electrons. The minimum atomic E-state index is 0.225. The highest BCUT2D eigenvalue weighted by atomic mass is 35.5. The van der Waals surface area contributed by atoms with E-state index in [-0.39, 0.29) is 6.61 Å². The lowest BCUT2D eigenvalue weighted by molar-refractivity contribution is 0.252. The van der Waals surface area contributed by atoms with Crippen molar-refractivity contribution in [1.82, 2.24) is 20.0 Å². The van der Waals surface area contributed by atoms with Gasteiger partial charge in [0.15, 0.2) is 6.61 Å². The molecule has 0 N–H and O–H groups in total. The average Bonchev–Trinajstić information content (AvgIpc) is 3.31. The summed E-state index contributed by atoms with van der Waals surface area (Å²) >= 11 is 7.99. The number of rotatable bonds is 7. The van der Waals surface area contributed by atoms with Gasteiger partial charge in [-0.05, 0) is 38.1 Å². The molecular weight excluding hydrogens is 408 g/mol. The Morgan fingerprint density at radius 2 is 1.79 bits per heavy atom. The summed E-state index contributed by atoms with van der Waals surface area (Å²) in [5, 5.41) is 13.7. The molecule has 0 fully saturated rings. The zero-order chi connectivity index (χ0) is 20.2. The van der Waals surface area contributed by atoms with Gasteiger partial charge < -0.3 is 9.15 Å². The number of nitrogens with zero attached hydrogens (tertiary/aromatic N) is 4. The fourth-order valence-electron chi connectivity index (χ4n) is 2.70. The lowest BCUT2D eigenvalue weighted by Crippen LogP contribution is -1.95. The number of ether oxygens (including phenoxy) is 1. The van der Waals surface area contributed by atoms with E-state index in [1.807, 2.05) is 68.4 Å². The number of aryl methyl sites for hydroxylation is 2. The van der Waals surface area contributed by atoms with Crippen molar-refractivity contribution in [2.45, 2.75) is 31.4 Å². The SMILES string of the molecule is Cc1ccc(OCc2nnc(SCc3c(C)nn(-c4ccccc4)c3Cl)o2)cc1. The van der Waals surface area contributed by atoms with Crippen LogP contribution in [0.5, 0.6) is 5.75 Å². The van der Waals surface area contributed by atoms with Crippen molar-refractivity contribution in [3.05, 3.63) is 82.5 Å². The Hall–Kier alpha value is -2.77.